The quantitative estimate of drug-likeness (QED) is 0.883. The van der Waals surface area contributed by atoms with Gasteiger partial charge in [-0.05, 0) is 24.5 Å². The number of rotatable bonds is 4. The average Bonchev–Trinajstić information content (AvgIpc) is 2.29. The summed E-state index contributed by atoms with van der Waals surface area (Å²) in [6, 6.07) is 6.92. The highest BCUT2D eigenvalue weighted by Gasteiger charge is 2.34. The van der Waals surface area contributed by atoms with Gasteiger partial charge < -0.3 is 5.11 Å². The van der Waals surface area contributed by atoms with Crippen LogP contribution in [0.25, 0.3) is 0 Å². The molecule has 1 atom stereocenters. The first-order valence-corrected chi connectivity index (χ1v) is 5.17. The summed E-state index contributed by atoms with van der Waals surface area (Å²) >= 11 is 0. The highest BCUT2D eigenvalue weighted by atomic mass is 19.4. The van der Waals surface area contributed by atoms with Crippen molar-refractivity contribution < 1.29 is 18.3 Å². The minimum absolute atomic E-state index is 0.0176. The maximum absolute atomic E-state index is 12.7. The number of aliphatic hydroxyl groups excluding tert-OH is 1. The van der Waals surface area contributed by atoms with E-state index in [1.807, 2.05) is 6.07 Å². The Labute approximate surface area is 97.3 Å². The van der Waals surface area contributed by atoms with E-state index in [1.165, 1.54) is 18.2 Å². The number of alkyl halides is 3. The standard InChI is InChI=1S/C12H12F3NO/c13-12(14,15)11-6-2-1-5-10(11)9(8-16)4-3-7-17/h1-2,5-6,9,17H,3-4,7H2/t9-/m1/s1. The van der Waals surface area contributed by atoms with Gasteiger partial charge in [-0.3, -0.25) is 0 Å². The van der Waals surface area contributed by atoms with Gasteiger partial charge in [-0.25, -0.2) is 0 Å². The van der Waals surface area contributed by atoms with Crippen molar-refractivity contribution in [2.24, 2.45) is 0 Å². The Morgan fingerprint density at radius 3 is 2.47 bits per heavy atom. The lowest BCUT2D eigenvalue weighted by Crippen LogP contribution is -2.11. The van der Waals surface area contributed by atoms with Crippen LogP contribution in [0.1, 0.15) is 29.9 Å². The predicted octanol–water partition coefficient (Wildman–Crippen LogP) is 3.09. The first-order valence-electron chi connectivity index (χ1n) is 5.17. The normalized spacial score (nSPS) is 13.1. The molecule has 1 rings (SSSR count). The molecule has 2 nitrogen and oxygen atoms in total. The molecule has 0 radical (unpaired) electrons. The van der Waals surface area contributed by atoms with Crippen molar-refractivity contribution >= 4 is 0 Å². The van der Waals surface area contributed by atoms with Crippen LogP contribution in [0.2, 0.25) is 0 Å². The number of nitriles is 1. The van der Waals surface area contributed by atoms with Crippen molar-refractivity contribution in [3.8, 4) is 6.07 Å². The predicted molar refractivity (Wildman–Crippen MR) is 56.1 cm³/mol. The van der Waals surface area contributed by atoms with Crippen LogP contribution in [0.15, 0.2) is 24.3 Å². The molecule has 0 bridgehead atoms. The molecule has 17 heavy (non-hydrogen) atoms. The van der Waals surface area contributed by atoms with Gasteiger partial charge in [0, 0.05) is 6.61 Å². The van der Waals surface area contributed by atoms with E-state index in [1.54, 1.807) is 0 Å². The second kappa shape index (κ2) is 5.69. The van der Waals surface area contributed by atoms with E-state index in [-0.39, 0.29) is 18.6 Å². The number of halogens is 3. The minimum Gasteiger partial charge on any atom is -0.396 e. The van der Waals surface area contributed by atoms with Gasteiger partial charge in [0.1, 0.15) is 0 Å². The lowest BCUT2D eigenvalue weighted by molar-refractivity contribution is -0.138. The average molecular weight is 243 g/mol. The Balaban J connectivity index is 3.08. The lowest BCUT2D eigenvalue weighted by Gasteiger charge is -2.16. The van der Waals surface area contributed by atoms with E-state index < -0.39 is 17.7 Å². The molecule has 1 N–H and O–H groups in total. The van der Waals surface area contributed by atoms with E-state index in [4.69, 9.17) is 10.4 Å². The van der Waals surface area contributed by atoms with Crippen LogP contribution >= 0.6 is 0 Å². The molecule has 0 unspecified atom stereocenters. The Morgan fingerprint density at radius 1 is 1.29 bits per heavy atom. The van der Waals surface area contributed by atoms with Crippen molar-refractivity contribution in [3.63, 3.8) is 0 Å². The smallest absolute Gasteiger partial charge is 0.396 e. The summed E-state index contributed by atoms with van der Waals surface area (Å²) in [5.41, 5.74) is -0.791. The zero-order chi connectivity index (χ0) is 12.9. The monoisotopic (exact) mass is 243 g/mol. The fourth-order valence-corrected chi connectivity index (χ4v) is 1.64. The Morgan fingerprint density at radius 2 is 1.94 bits per heavy atom. The Hall–Kier alpha value is -1.54. The summed E-state index contributed by atoms with van der Waals surface area (Å²) in [7, 11) is 0. The van der Waals surface area contributed by atoms with E-state index >= 15 is 0 Å². The number of hydrogen-bond donors (Lipinski definition) is 1. The molecule has 0 aliphatic rings. The number of aliphatic hydroxyl groups is 1. The maximum atomic E-state index is 12.7. The zero-order valence-corrected chi connectivity index (χ0v) is 9.04. The Bertz CT molecular complexity index is 409. The molecule has 0 saturated heterocycles. The Kier molecular flexibility index (Phi) is 4.53. The highest BCUT2D eigenvalue weighted by Crippen LogP contribution is 2.36. The third kappa shape index (κ3) is 3.46. The molecule has 5 heteroatoms. The SMILES string of the molecule is N#C[C@@H](CCCO)c1ccccc1C(F)(F)F. The van der Waals surface area contributed by atoms with Crippen LogP contribution in [0, 0.1) is 11.3 Å². The minimum atomic E-state index is -4.45. The van der Waals surface area contributed by atoms with Gasteiger partial charge >= 0.3 is 6.18 Å². The van der Waals surface area contributed by atoms with E-state index in [9.17, 15) is 13.2 Å². The molecule has 1 aromatic carbocycles. The highest BCUT2D eigenvalue weighted by molar-refractivity contribution is 5.35. The van der Waals surface area contributed by atoms with Crippen molar-refractivity contribution in [2.45, 2.75) is 24.9 Å². The molecule has 0 saturated carbocycles. The fraction of sp³-hybridized carbons (Fsp3) is 0.417. The van der Waals surface area contributed by atoms with E-state index in [0.29, 0.717) is 6.42 Å². The molecule has 1 aromatic rings. The van der Waals surface area contributed by atoms with E-state index in [2.05, 4.69) is 0 Å². The van der Waals surface area contributed by atoms with Crippen molar-refractivity contribution in [1.82, 2.24) is 0 Å². The third-order valence-corrected chi connectivity index (χ3v) is 2.45. The molecule has 0 aliphatic carbocycles. The molecule has 0 spiro atoms. The van der Waals surface area contributed by atoms with E-state index in [0.717, 1.165) is 6.07 Å². The van der Waals surface area contributed by atoms with Crippen LogP contribution in [0.4, 0.5) is 13.2 Å². The van der Waals surface area contributed by atoms with Gasteiger partial charge in [-0.15, -0.1) is 0 Å². The van der Waals surface area contributed by atoms with Gasteiger partial charge in [-0.2, -0.15) is 18.4 Å². The number of hydrogen-bond acceptors (Lipinski definition) is 2. The molecular formula is C12H12F3NO. The van der Waals surface area contributed by atoms with Crippen LogP contribution in [-0.2, 0) is 6.18 Å². The van der Waals surface area contributed by atoms with Gasteiger partial charge in [0.25, 0.3) is 0 Å². The summed E-state index contributed by atoms with van der Waals surface area (Å²) in [6.07, 6.45) is -3.92. The fourth-order valence-electron chi connectivity index (χ4n) is 1.64. The van der Waals surface area contributed by atoms with Crippen LogP contribution < -0.4 is 0 Å². The topological polar surface area (TPSA) is 44.0 Å². The molecule has 0 heterocycles. The summed E-state index contributed by atoms with van der Waals surface area (Å²) in [5.74, 6) is -0.833. The maximum Gasteiger partial charge on any atom is 0.416 e. The molecule has 0 fully saturated rings. The first kappa shape index (κ1) is 13.5. The van der Waals surface area contributed by atoms with Crippen LogP contribution in [-0.4, -0.2) is 11.7 Å². The van der Waals surface area contributed by atoms with Crippen molar-refractivity contribution in [2.75, 3.05) is 6.61 Å². The molecule has 0 amide bonds. The third-order valence-electron chi connectivity index (χ3n) is 2.45. The molecule has 0 aromatic heterocycles. The summed E-state index contributed by atoms with van der Waals surface area (Å²) < 4.78 is 38.1. The second-order valence-corrected chi connectivity index (χ2v) is 3.63. The molecular weight excluding hydrogens is 231 g/mol. The van der Waals surface area contributed by atoms with Crippen molar-refractivity contribution in [3.05, 3.63) is 35.4 Å². The van der Waals surface area contributed by atoms with Crippen molar-refractivity contribution in [1.29, 1.82) is 5.26 Å². The summed E-state index contributed by atoms with van der Waals surface area (Å²) in [5, 5.41) is 17.6. The molecule has 0 aliphatic heterocycles. The number of nitrogens with zero attached hydrogens (tertiary/aromatic N) is 1. The second-order valence-electron chi connectivity index (χ2n) is 3.63. The van der Waals surface area contributed by atoms with Gasteiger partial charge in [0.15, 0.2) is 0 Å². The van der Waals surface area contributed by atoms with Crippen LogP contribution in [0.3, 0.4) is 0 Å². The molecule has 92 valence electrons. The lowest BCUT2D eigenvalue weighted by atomic mass is 9.91. The van der Waals surface area contributed by atoms with Gasteiger partial charge in [-0.1, -0.05) is 18.2 Å². The van der Waals surface area contributed by atoms with Gasteiger partial charge in [0.2, 0.25) is 0 Å². The summed E-state index contributed by atoms with van der Waals surface area (Å²) in [4.78, 5) is 0. The largest absolute Gasteiger partial charge is 0.416 e. The number of benzene rings is 1. The summed E-state index contributed by atoms with van der Waals surface area (Å²) in [6.45, 7) is -0.133. The van der Waals surface area contributed by atoms with Crippen LogP contribution in [0.5, 0.6) is 0 Å². The first-order chi connectivity index (χ1) is 8.00. The zero-order valence-electron chi connectivity index (χ0n) is 9.04. The van der Waals surface area contributed by atoms with Gasteiger partial charge in [0.05, 0.1) is 17.6 Å².